The normalized spacial score (nSPS) is 15.0. The van der Waals surface area contributed by atoms with Crippen molar-refractivity contribution in [3.8, 4) is 0 Å². The van der Waals surface area contributed by atoms with Gasteiger partial charge in [0.2, 0.25) is 5.91 Å². The molecule has 0 radical (unpaired) electrons. The second kappa shape index (κ2) is 11.4. The summed E-state index contributed by atoms with van der Waals surface area (Å²) in [6.07, 6.45) is -4.24. The van der Waals surface area contributed by atoms with E-state index in [1.807, 2.05) is 5.32 Å². The number of carbonyl (C=O) groups excluding carboxylic acids is 4. The molecule has 210 valence electrons. The van der Waals surface area contributed by atoms with Crippen molar-refractivity contribution in [3.05, 3.63) is 62.9 Å². The molecule has 0 unspecified atom stereocenters. The number of carbonyl (C=O) groups is 4. The van der Waals surface area contributed by atoms with Gasteiger partial charge in [-0.3, -0.25) is 24.2 Å². The summed E-state index contributed by atoms with van der Waals surface area (Å²) in [7, 11) is 0. The zero-order chi connectivity index (χ0) is 29.3. The van der Waals surface area contributed by atoms with E-state index in [4.69, 9.17) is 33.7 Å². The number of hydrogen-bond acceptors (Lipinski definition) is 6. The van der Waals surface area contributed by atoms with Crippen LogP contribution < -0.4 is 11.1 Å². The number of pyridine rings is 1. The standard InChI is InChI=1S/C25H25Cl2F3N4O5/c1-24(2,3)39-18(35)7-6-17(21(31)36)34-11-13-8-12(4-5-15(13)23(34)38)22(37)33-20(25(28,29)30)19-16(27)9-14(26)10-32-19/h4-5,8-10,17,20H,6-7,11H2,1-3H3,(H2,31,36)(H,33,37)/t17-,20+/m0/s1. The first-order chi connectivity index (χ1) is 18.0. The van der Waals surface area contributed by atoms with Gasteiger partial charge in [0.15, 0.2) is 6.04 Å². The zero-order valence-electron chi connectivity index (χ0n) is 21.1. The van der Waals surface area contributed by atoms with Gasteiger partial charge < -0.3 is 20.7 Å². The Kier molecular flexibility index (Phi) is 8.81. The quantitative estimate of drug-likeness (QED) is 0.440. The molecule has 2 aromatic rings. The molecule has 1 aliphatic rings. The molecular formula is C25H25Cl2F3N4O5. The first-order valence-electron chi connectivity index (χ1n) is 11.6. The molecule has 3 N–H and O–H groups in total. The summed E-state index contributed by atoms with van der Waals surface area (Å²) >= 11 is 11.6. The van der Waals surface area contributed by atoms with Crippen LogP contribution in [-0.4, -0.2) is 51.4 Å². The molecule has 2 heterocycles. The van der Waals surface area contributed by atoms with E-state index in [0.29, 0.717) is 5.56 Å². The Morgan fingerprint density at radius 1 is 1.18 bits per heavy atom. The minimum absolute atomic E-state index is 0.0178. The largest absolute Gasteiger partial charge is 0.460 e. The first-order valence-corrected chi connectivity index (χ1v) is 12.4. The van der Waals surface area contributed by atoms with Crippen molar-refractivity contribution in [2.75, 3.05) is 0 Å². The van der Waals surface area contributed by atoms with E-state index < -0.39 is 53.2 Å². The van der Waals surface area contributed by atoms with Crippen LogP contribution in [0.25, 0.3) is 0 Å². The number of halogens is 5. The number of fused-ring (bicyclic) bond motifs is 1. The molecule has 1 aromatic carbocycles. The molecule has 3 rings (SSSR count). The Morgan fingerprint density at radius 2 is 1.85 bits per heavy atom. The molecule has 0 spiro atoms. The lowest BCUT2D eigenvalue weighted by Gasteiger charge is -2.25. The highest BCUT2D eigenvalue weighted by Crippen LogP contribution is 2.36. The van der Waals surface area contributed by atoms with E-state index in [2.05, 4.69) is 4.98 Å². The number of nitrogens with zero attached hydrogens (tertiary/aromatic N) is 2. The summed E-state index contributed by atoms with van der Waals surface area (Å²) in [6.45, 7) is 4.90. The minimum Gasteiger partial charge on any atom is -0.460 e. The maximum Gasteiger partial charge on any atom is 0.414 e. The van der Waals surface area contributed by atoms with Crippen LogP contribution in [0, 0.1) is 0 Å². The lowest BCUT2D eigenvalue weighted by atomic mass is 10.0. The maximum atomic E-state index is 13.8. The fraction of sp³-hybridized carbons (Fsp3) is 0.400. The van der Waals surface area contributed by atoms with Crippen LogP contribution in [0.5, 0.6) is 0 Å². The van der Waals surface area contributed by atoms with Crippen LogP contribution in [0.15, 0.2) is 30.5 Å². The van der Waals surface area contributed by atoms with E-state index in [1.165, 1.54) is 18.2 Å². The van der Waals surface area contributed by atoms with Gasteiger partial charge >= 0.3 is 12.1 Å². The van der Waals surface area contributed by atoms with Gasteiger partial charge in [-0.15, -0.1) is 0 Å². The number of rotatable bonds is 8. The van der Waals surface area contributed by atoms with E-state index in [-0.39, 0.29) is 40.6 Å². The summed E-state index contributed by atoms with van der Waals surface area (Å²) in [4.78, 5) is 54.8. The minimum atomic E-state index is -4.94. The number of benzene rings is 1. The van der Waals surface area contributed by atoms with Gasteiger partial charge in [0.1, 0.15) is 11.6 Å². The van der Waals surface area contributed by atoms with Crippen LogP contribution in [0.3, 0.4) is 0 Å². The molecule has 9 nitrogen and oxygen atoms in total. The van der Waals surface area contributed by atoms with Crippen LogP contribution in [-0.2, 0) is 20.9 Å². The summed E-state index contributed by atoms with van der Waals surface area (Å²) in [5.74, 6) is -3.10. The van der Waals surface area contributed by atoms with Gasteiger partial charge in [-0.25, -0.2) is 0 Å². The van der Waals surface area contributed by atoms with Crippen molar-refractivity contribution in [3.63, 3.8) is 0 Å². The number of nitrogens with two attached hydrogens (primary N) is 1. The molecule has 1 aromatic heterocycles. The Bertz CT molecular complexity index is 1310. The third kappa shape index (κ3) is 7.39. The van der Waals surface area contributed by atoms with Crippen LogP contribution in [0.1, 0.15) is 71.6 Å². The lowest BCUT2D eigenvalue weighted by Crippen LogP contribution is -2.45. The molecule has 0 aliphatic carbocycles. The Labute approximate surface area is 231 Å². The summed E-state index contributed by atoms with van der Waals surface area (Å²) in [6, 6.07) is 1.09. The zero-order valence-corrected chi connectivity index (χ0v) is 22.6. The van der Waals surface area contributed by atoms with Gasteiger partial charge in [-0.05, 0) is 57.0 Å². The SMILES string of the molecule is CC(C)(C)OC(=O)CC[C@@H](C(N)=O)N1Cc2cc(C(=O)N[C@H](c3ncc(Cl)cc3Cl)C(F)(F)F)ccc2C1=O. The number of alkyl halides is 3. The molecule has 1 aliphatic heterocycles. The van der Waals surface area contributed by atoms with Crippen LogP contribution in [0.2, 0.25) is 10.0 Å². The number of aromatic nitrogens is 1. The third-order valence-corrected chi connectivity index (χ3v) is 6.17. The molecule has 0 saturated carbocycles. The van der Waals surface area contributed by atoms with Gasteiger partial charge in [-0.2, -0.15) is 13.2 Å². The molecule has 39 heavy (non-hydrogen) atoms. The van der Waals surface area contributed by atoms with Crippen molar-refractivity contribution in [2.45, 2.75) is 64.0 Å². The summed E-state index contributed by atoms with van der Waals surface area (Å²) in [5, 5.41) is 1.51. The van der Waals surface area contributed by atoms with Crippen LogP contribution >= 0.6 is 23.2 Å². The smallest absolute Gasteiger partial charge is 0.414 e. The fourth-order valence-corrected chi connectivity index (χ4v) is 4.48. The van der Waals surface area contributed by atoms with Crippen molar-refractivity contribution in [2.24, 2.45) is 5.73 Å². The highest BCUT2D eigenvalue weighted by Gasteiger charge is 2.44. The number of primary amides is 1. The third-order valence-electron chi connectivity index (χ3n) is 5.66. The Balaban J connectivity index is 1.79. The van der Waals surface area contributed by atoms with Crippen molar-refractivity contribution < 1.29 is 37.1 Å². The van der Waals surface area contributed by atoms with Gasteiger partial charge in [-0.1, -0.05) is 23.2 Å². The summed E-state index contributed by atoms with van der Waals surface area (Å²) in [5.41, 5.74) is 4.38. The topological polar surface area (TPSA) is 132 Å². The Morgan fingerprint density at radius 3 is 2.41 bits per heavy atom. The molecular weight excluding hydrogens is 564 g/mol. The van der Waals surface area contributed by atoms with E-state index in [1.54, 1.807) is 20.8 Å². The number of amides is 3. The van der Waals surface area contributed by atoms with Crippen molar-refractivity contribution >= 4 is 46.9 Å². The first kappa shape index (κ1) is 30.2. The van der Waals surface area contributed by atoms with E-state index >= 15 is 0 Å². The van der Waals surface area contributed by atoms with E-state index in [9.17, 15) is 32.3 Å². The van der Waals surface area contributed by atoms with Gasteiger partial charge in [0, 0.05) is 30.3 Å². The lowest BCUT2D eigenvalue weighted by molar-refractivity contribution is -0.156. The molecule has 14 heteroatoms. The van der Waals surface area contributed by atoms with Crippen molar-refractivity contribution in [1.82, 2.24) is 15.2 Å². The monoisotopic (exact) mass is 588 g/mol. The second-order valence-electron chi connectivity index (χ2n) is 9.82. The predicted molar refractivity (Wildman–Crippen MR) is 135 cm³/mol. The molecule has 0 bridgehead atoms. The van der Waals surface area contributed by atoms with E-state index in [0.717, 1.165) is 17.2 Å². The molecule has 0 fully saturated rings. The van der Waals surface area contributed by atoms with Gasteiger partial charge in [0.05, 0.1) is 15.7 Å². The molecule has 2 atom stereocenters. The fourth-order valence-electron chi connectivity index (χ4n) is 3.99. The second-order valence-corrected chi connectivity index (χ2v) is 10.7. The van der Waals surface area contributed by atoms with Gasteiger partial charge in [0.25, 0.3) is 11.8 Å². The number of hydrogen-bond donors (Lipinski definition) is 2. The summed E-state index contributed by atoms with van der Waals surface area (Å²) < 4.78 is 46.6. The number of nitrogens with one attached hydrogen (secondary N) is 1. The molecule has 0 saturated heterocycles. The molecule has 3 amide bonds. The average molecular weight is 589 g/mol. The highest BCUT2D eigenvalue weighted by atomic mass is 35.5. The predicted octanol–water partition coefficient (Wildman–Crippen LogP) is 4.35. The average Bonchev–Trinajstić information content (AvgIpc) is 3.11. The number of ether oxygens (including phenoxy) is 1. The maximum absolute atomic E-state index is 13.8. The van der Waals surface area contributed by atoms with Crippen LogP contribution in [0.4, 0.5) is 13.2 Å². The number of esters is 1. The Hall–Kier alpha value is -3.38. The van der Waals surface area contributed by atoms with Crippen molar-refractivity contribution in [1.29, 1.82) is 0 Å². The highest BCUT2D eigenvalue weighted by molar-refractivity contribution is 6.34.